The molecule has 2 fully saturated rings. The van der Waals surface area contributed by atoms with Gasteiger partial charge in [-0.15, -0.1) is 0 Å². The Bertz CT molecular complexity index is 694. The average Bonchev–Trinajstić information content (AvgIpc) is 3.44. The molecule has 2 saturated carbocycles. The number of nitrogens with zero attached hydrogens (tertiary/aromatic N) is 3. The molecular weight excluding hydrogens is 328 g/mol. The number of hydrogen-bond acceptors (Lipinski definition) is 4. The van der Waals surface area contributed by atoms with Gasteiger partial charge in [-0.3, -0.25) is 9.69 Å². The van der Waals surface area contributed by atoms with E-state index in [-0.39, 0.29) is 19.1 Å². The summed E-state index contributed by atoms with van der Waals surface area (Å²) in [5.74, 6) is 0.565. The zero-order valence-electron chi connectivity index (χ0n) is 15.9. The number of carbonyl (C=O) groups is 1. The van der Waals surface area contributed by atoms with Crippen LogP contribution in [0, 0.1) is 25.2 Å². The molecule has 0 unspecified atom stereocenters. The topological polar surface area (TPSA) is 81.3 Å². The average molecular weight is 358 g/mol. The molecule has 1 aromatic heterocycles. The van der Waals surface area contributed by atoms with Crippen LogP contribution >= 0.6 is 0 Å². The summed E-state index contributed by atoms with van der Waals surface area (Å²) in [6.07, 6.45) is 8.04. The quantitative estimate of drug-likeness (QED) is 0.785. The second-order valence-electron chi connectivity index (χ2n) is 7.68. The summed E-state index contributed by atoms with van der Waals surface area (Å²) < 4.78 is 2.19. The van der Waals surface area contributed by atoms with Crippen molar-refractivity contribution in [2.75, 3.05) is 25.0 Å². The van der Waals surface area contributed by atoms with Gasteiger partial charge in [0.05, 0.1) is 18.7 Å². The van der Waals surface area contributed by atoms with E-state index >= 15 is 0 Å². The van der Waals surface area contributed by atoms with Crippen molar-refractivity contribution in [1.82, 2.24) is 9.47 Å². The highest BCUT2D eigenvalue weighted by molar-refractivity contribution is 5.93. The Morgan fingerprint density at radius 3 is 2.54 bits per heavy atom. The van der Waals surface area contributed by atoms with E-state index in [0.29, 0.717) is 30.0 Å². The van der Waals surface area contributed by atoms with Gasteiger partial charge < -0.3 is 15.0 Å². The van der Waals surface area contributed by atoms with E-state index in [9.17, 15) is 15.2 Å². The monoisotopic (exact) mass is 358 g/mol. The summed E-state index contributed by atoms with van der Waals surface area (Å²) in [6.45, 7) is 4.85. The molecule has 2 aliphatic rings. The number of hydrogen-bond donors (Lipinski definition) is 2. The molecule has 26 heavy (non-hydrogen) atoms. The molecule has 0 spiro atoms. The second-order valence-corrected chi connectivity index (χ2v) is 7.68. The lowest BCUT2D eigenvalue weighted by atomic mass is 9.95. The minimum atomic E-state index is -0.101. The zero-order chi connectivity index (χ0) is 18.7. The zero-order valence-corrected chi connectivity index (χ0v) is 15.9. The van der Waals surface area contributed by atoms with Crippen LogP contribution in [0.2, 0.25) is 0 Å². The molecule has 1 aromatic rings. The predicted molar refractivity (Wildman–Crippen MR) is 101 cm³/mol. The Kier molecular flexibility index (Phi) is 6.00. The molecule has 3 rings (SSSR count). The molecule has 0 radical (unpaired) electrons. The largest absolute Gasteiger partial charge is 0.395 e. The number of amides is 1. The van der Waals surface area contributed by atoms with Crippen LogP contribution in [0.5, 0.6) is 0 Å². The highest BCUT2D eigenvalue weighted by Gasteiger charge is 2.31. The third-order valence-corrected chi connectivity index (χ3v) is 5.86. The van der Waals surface area contributed by atoms with Gasteiger partial charge in [0.15, 0.2) is 0 Å². The first kappa shape index (κ1) is 18.9. The molecule has 2 aliphatic carbocycles. The van der Waals surface area contributed by atoms with Gasteiger partial charge in [0.1, 0.15) is 11.9 Å². The first-order valence-electron chi connectivity index (χ1n) is 9.83. The van der Waals surface area contributed by atoms with Gasteiger partial charge in [0.2, 0.25) is 5.91 Å². The number of anilines is 1. The summed E-state index contributed by atoms with van der Waals surface area (Å²) in [6, 6.07) is 3.07. The van der Waals surface area contributed by atoms with Gasteiger partial charge >= 0.3 is 0 Å². The number of rotatable bonds is 7. The lowest BCUT2D eigenvalue weighted by Crippen LogP contribution is -2.37. The molecule has 1 heterocycles. The summed E-state index contributed by atoms with van der Waals surface area (Å²) in [5, 5.41) is 21.9. The van der Waals surface area contributed by atoms with Crippen LogP contribution in [-0.2, 0) is 4.79 Å². The van der Waals surface area contributed by atoms with Gasteiger partial charge in [-0.1, -0.05) is 19.3 Å². The van der Waals surface area contributed by atoms with Crippen molar-refractivity contribution in [3.63, 3.8) is 0 Å². The summed E-state index contributed by atoms with van der Waals surface area (Å²) in [5.41, 5.74) is 2.63. The molecule has 6 nitrogen and oxygen atoms in total. The molecule has 0 bridgehead atoms. The van der Waals surface area contributed by atoms with Gasteiger partial charge in [-0.2, -0.15) is 5.26 Å². The number of nitriles is 1. The molecule has 0 aliphatic heterocycles. The lowest BCUT2D eigenvalue weighted by molar-refractivity contribution is -0.117. The third kappa shape index (κ3) is 3.94. The van der Waals surface area contributed by atoms with Crippen LogP contribution in [0.4, 0.5) is 5.82 Å². The highest BCUT2D eigenvalue weighted by atomic mass is 16.3. The first-order chi connectivity index (χ1) is 12.6. The van der Waals surface area contributed by atoms with Gasteiger partial charge in [0.25, 0.3) is 0 Å². The number of aliphatic hydroxyl groups excluding tert-OH is 1. The van der Waals surface area contributed by atoms with Crippen LogP contribution in [0.15, 0.2) is 0 Å². The van der Waals surface area contributed by atoms with Crippen LogP contribution in [0.1, 0.15) is 67.8 Å². The maximum atomic E-state index is 12.7. The molecule has 0 aromatic carbocycles. The van der Waals surface area contributed by atoms with Crippen molar-refractivity contribution in [3.8, 4) is 6.07 Å². The maximum absolute atomic E-state index is 12.7. The van der Waals surface area contributed by atoms with Crippen molar-refractivity contribution < 1.29 is 9.90 Å². The number of aliphatic hydroxyl groups is 1. The normalized spacial score (nSPS) is 18.1. The van der Waals surface area contributed by atoms with E-state index < -0.39 is 0 Å². The SMILES string of the molecule is Cc1c(C#N)c(NC(=O)CN(CCO)C2CC2)n(C2CCCCC2)c1C. The van der Waals surface area contributed by atoms with E-state index in [1.54, 1.807) is 0 Å². The minimum absolute atomic E-state index is 0.0594. The summed E-state index contributed by atoms with van der Waals surface area (Å²) in [4.78, 5) is 14.7. The van der Waals surface area contributed by atoms with E-state index in [0.717, 1.165) is 36.9 Å². The Labute approximate surface area is 155 Å². The lowest BCUT2D eigenvalue weighted by Gasteiger charge is -2.27. The molecule has 0 atom stereocenters. The Balaban J connectivity index is 1.82. The van der Waals surface area contributed by atoms with Crippen molar-refractivity contribution in [1.29, 1.82) is 5.26 Å². The van der Waals surface area contributed by atoms with Gasteiger partial charge in [0, 0.05) is 24.3 Å². The third-order valence-electron chi connectivity index (χ3n) is 5.86. The number of aromatic nitrogens is 1. The Morgan fingerprint density at radius 2 is 1.96 bits per heavy atom. The molecular formula is C20H30N4O2. The van der Waals surface area contributed by atoms with E-state index in [4.69, 9.17) is 0 Å². The van der Waals surface area contributed by atoms with Crippen LogP contribution in [0.3, 0.4) is 0 Å². The Hall–Kier alpha value is -1.84. The number of carbonyl (C=O) groups excluding carboxylic acids is 1. The van der Waals surface area contributed by atoms with E-state index in [2.05, 4.69) is 16.0 Å². The van der Waals surface area contributed by atoms with Crippen LogP contribution < -0.4 is 5.32 Å². The van der Waals surface area contributed by atoms with E-state index in [1.165, 1.54) is 19.3 Å². The minimum Gasteiger partial charge on any atom is -0.395 e. The smallest absolute Gasteiger partial charge is 0.239 e. The highest BCUT2D eigenvalue weighted by Crippen LogP contribution is 2.36. The Morgan fingerprint density at radius 1 is 1.27 bits per heavy atom. The van der Waals surface area contributed by atoms with Crippen molar-refractivity contribution >= 4 is 11.7 Å². The second kappa shape index (κ2) is 8.24. The standard InChI is InChI=1S/C20H30N4O2/c1-14-15(2)24(17-6-4-3-5-7-17)20(18(14)12-21)22-19(26)13-23(10-11-25)16-8-9-16/h16-17,25H,3-11,13H2,1-2H3,(H,22,26). The fourth-order valence-electron chi connectivity index (χ4n) is 4.20. The molecule has 2 N–H and O–H groups in total. The molecule has 1 amide bonds. The van der Waals surface area contributed by atoms with Gasteiger partial charge in [-0.25, -0.2) is 0 Å². The molecule has 142 valence electrons. The first-order valence-corrected chi connectivity index (χ1v) is 9.83. The molecule has 0 saturated heterocycles. The maximum Gasteiger partial charge on any atom is 0.239 e. The fraction of sp³-hybridized carbons (Fsp3) is 0.700. The van der Waals surface area contributed by atoms with Crippen molar-refractivity contribution in [2.24, 2.45) is 0 Å². The van der Waals surface area contributed by atoms with Crippen LogP contribution in [-0.4, -0.2) is 46.2 Å². The summed E-state index contributed by atoms with van der Waals surface area (Å²) >= 11 is 0. The predicted octanol–water partition coefficient (Wildman–Crippen LogP) is 2.88. The van der Waals surface area contributed by atoms with Crippen molar-refractivity contribution in [2.45, 2.75) is 70.9 Å². The molecule has 6 heteroatoms. The van der Waals surface area contributed by atoms with Crippen LogP contribution in [0.25, 0.3) is 0 Å². The summed E-state index contributed by atoms with van der Waals surface area (Å²) in [7, 11) is 0. The fourth-order valence-corrected chi connectivity index (χ4v) is 4.20. The van der Waals surface area contributed by atoms with Crippen molar-refractivity contribution in [3.05, 3.63) is 16.8 Å². The van der Waals surface area contributed by atoms with Gasteiger partial charge in [-0.05, 0) is 45.1 Å². The van der Waals surface area contributed by atoms with E-state index in [1.807, 2.05) is 18.7 Å². The number of nitrogens with one attached hydrogen (secondary N) is 1.